The minimum atomic E-state index is -0.880. The third kappa shape index (κ3) is 1.85. The molecule has 0 radical (unpaired) electrons. The number of benzene rings is 1. The van der Waals surface area contributed by atoms with Gasteiger partial charge in [0.05, 0.1) is 11.4 Å². The van der Waals surface area contributed by atoms with Gasteiger partial charge in [-0.1, -0.05) is 19.9 Å². The van der Waals surface area contributed by atoms with Crippen molar-refractivity contribution in [2.75, 3.05) is 0 Å². The number of para-hydroxylation sites is 1. The number of aryl methyl sites for hydroxylation is 1. The van der Waals surface area contributed by atoms with E-state index < -0.39 is 11.9 Å². The maximum atomic E-state index is 13.6. The monoisotopic (exact) mass is 250 g/mol. The fraction of sp³-hybridized carbons (Fsp3) is 0.385. The molecule has 0 aliphatic heterocycles. The largest absolute Gasteiger partial charge is 0.481 e. The average molecular weight is 250 g/mol. The van der Waals surface area contributed by atoms with E-state index in [0.29, 0.717) is 16.9 Å². The topological polar surface area (TPSA) is 55.1 Å². The Kier molecular flexibility index (Phi) is 3.07. The predicted octanol–water partition coefficient (Wildman–Crippen LogP) is 2.54. The van der Waals surface area contributed by atoms with Gasteiger partial charge >= 0.3 is 5.97 Å². The van der Waals surface area contributed by atoms with Gasteiger partial charge in [0, 0.05) is 13.0 Å². The molecule has 0 aliphatic carbocycles. The number of nitrogens with zero attached hydrogens (tertiary/aromatic N) is 2. The molecule has 0 saturated carbocycles. The second-order valence-corrected chi connectivity index (χ2v) is 4.55. The van der Waals surface area contributed by atoms with Gasteiger partial charge in [-0.15, -0.1) is 0 Å². The molecule has 18 heavy (non-hydrogen) atoms. The smallest absolute Gasteiger partial charge is 0.306 e. The summed E-state index contributed by atoms with van der Waals surface area (Å²) in [6.07, 6.45) is 0. The lowest BCUT2D eigenvalue weighted by Crippen LogP contribution is -2.19. The van der Waals surface area contributed by atoms with E-state index >= 15 is 0 Å². The van der Waals surface area contributed by atoms with Crippen molar-refractivity contribution in [2.24, 2.45) is 13.0 Å². The van der Waals surface area contributed by atoms with Gasteiger partial charge < -0.3 is 9.67 Å². The minimum Gasteiger partial charge on any atom is -0.481 e. The Morgan fingerprint density at radius 1 is 1.44 bits per heavy atom. The first-order chi connectivity index (χ1) is 8.43. The fourth-order valence-electron chi connectivity index (χ4n) is 2.04. The number of carboxylic acid groups (broad SMARTS) is 1. The van der Waals surface area contributed by atoms with E-state index in [1.807, 2.05) is 0 Å². The molecule has 2 rings (SSSR count). The number of hydrogen-bond donors (Lipinski definition) is 1. The van der Waals surface area contributed by atoms with Crippen LogP contribution in [0.25, 0.3) is 11.0 Å². The first-order valence-electron chi connectivity index (χ1n) is 5.77. The summed E-state index contributed by atoms with van der Waals surface area (Å²) in [5.74, 6) is -1.52. The van der Waals surface area contributed by atoms with Gasteiger partial charge in [-0.25, -0.2) is 9.37 Å². The fourth-order valence-corrected chi connectivity index (χ4v) is 2.04. The first-order valence-corrected chi connectivity index (χ1v) is 5.77. The summed E-state index contributed by atoms with van der Waals surface area (Å²) in [7, 11) is 1.77. The lowest BCUT2D eigenvalue weighted by molar-refractivity contribution is -0.141. The van der Waals surface area contributed by atoms with Crippen molar-refractivity contribution in [1.82, 2.24) is 9.55 Å². The van der Waals surface area contributed by atoms with Crippen LogP contribution >= 0.6 is 0 Å². The van der Waals surface area contributed by atoms with Gasteiger partial charge in [-0.2, -0.15) is 0 Å². The van der Waals surface area contributed by atoms with Crippen LogP contribution in [0, 0.1) is 11.7 Å². The van der Waals surface area contributed by atoms with Crippen molar-refractivity contribution in [3.8, 4) is 0 Å². The van der Waals surface area contributed by atoms with Crippen LogP contribution in [0.4, 0.5) is 4.39 Å². The molecule has 5 heteroatoms. The van der Waals surface area contributed by atoms with E-state index in [0.717, 1.165) is 0 Å². The molecule has 1 N–H and O–H groups in total. The van der Waals surface area contributed by atoms with Crippen molar-refractivity contribution in [1.29, 1.82) is 0 Å². The number of aliphatic carboxylic acids is 1. The molecule has 0 spiro atoms. The van der Waals surface area contributed by atoms with Crippen LogP contribution in [0.3, 0.4) is 0 Å². The Balaban J connectivity index is 2.55. The Labute approximate surface area is 104 Å². The summed E-state index contributed by atoms with van der Waals surface area (Å²) in [5, 5.41) is 9.02. The van der Waals surface area contributed by atoms with Crippen LogP contribution < -0.4 is 0 Å². The third-order valence-corrected chi connectivity index (χ3v) is 3.44. The predicted molar refractivity (Wildman–Crippen MR) is 65.9 cm³/mol. The minimum absolute atomic E-state index is 0.278. The number of fused-ring (bicyclic) bond motifs is 1. The van der Waals surface area contributed by atoms with Crippen molar-refractivity contribution in [3.63, 3.8) is 0 Å². The Hall–Kier alpha value is -1.91. The molecule has 2 aromatic rings. The molecule has 2 unspecified atom stereocenters. The third-order valence-electron chi connectivity index (χ3n) is 3.44. The van der Waals surface area contributed by atoms with E-state index in [-0.39, 0.29) is 11.7 Å². The second kappa shape index (κ2) is 4.40. The highest BCUT2D eigenvalue weighted by atomic mass is 19.1. The van der Waals surface area contributed by atoms with Crippen LogP contribution in [-0.4, -0.2) is 20.6 Å². The maximum absolute atomic E-state index is 13.6. The number of aromatic nitrogens is 2. The average Bonchev–Trinajstić information content (AvgIpc) is 2.67. The zero-order valence-corrected chi connectivity index (χ0v) is 10.5. The van der Waals surface area contributed by atoms with Crippen molar-refractivity contribution < 1.29 is 14.3 Å². The molecule has 1 aromatic heterocycles. The summed E-state index contributed by atoms with van der Waals surface area (Å²) in [6.45, 7) is 3.42. The summed E-state index contributed by atoms with van der Waals surface area (Å²) in [4.78, 5) is 15.2. The van der Waals surface area contributed by atoms with Gasteiger partial charge in [0.2, 0.25) is 0 Å². The summed E-state index contributed by atoms with van der Waals surface area (Å²) in [6, 6.07) is 4.74. The van der Waals surface area contributed by atoms with E-state index in [1.54, 1.807) is 37.6 Å². The quantitative estimate of drug-likeness (QED) is 0.910. The zero-order chi connectivity index (χ0) is 13.4. The highest BCUT2D eigenvalue weighted by Crippen LogP contribution is 2.27. The molecule has 4 nitrogen and oxygen atoms in total. The van der Waals surface area contributed by atoms with Gasteiger partial charge in [-0.05, 0) is 12.1 Å². The molecule has 0 bridgehead atoms. The van der Waals surface area contributed by atoms with E-state index in [2.05, 4.69) is 4.98 Å². The highest BCUT2D eigenvalue weighted by molar-refractivity contribution is 5.77. The van der Waals surface area contributed by atoms with Crippen LogP contribution in [0.2, 0.25) is 0 Å². The summed E-state index contributed by atoms with van der Waals surface area (Å²) >= 11 is 0. The number of carbonyl (C=O) groups is 1. The number of imidazole rings is 1. The molecule has 0 fully saturated rings. The lowest BCUT2D eigenvalue weighted by atomic mass is 9.95. The first kappa shape index (κ1) is 12.5. The van der Waals surface area contributed by atoms with Crippen LogP contribution in [0.5, 0.6) is 0 Å². The molecular weight excluding hydrogens is 235 g/mol. The zero-order valence-electron chi connectivity index (χ0n) is 10.5. The molecule has 0 amide bonds. The standard InChI is InChI=1S/C13H15FN2O2/c1-7(8(2)13(17)18)12-15-11-9(14)5-4-6-10(11)16(12)3/h4-8H,1-3H3,(H,17,18). The van der Waals surface area contributed by atoms with E-state index in [9.17, 15) is 9.18 Å². The van der Waals surface area contributed by atoms with Gasteiger partial charge in [-0.3, -0.25) is 4.79 Å². The molecule has 0 aliphatic rings. The van der Waals surface area contributed by atoms with E-state index in [1.165, 1.54) is 6.07 Å². The molecule has 1 heterocycles. The summed E-state index contributed by atoms with van der Waals surface area (Å²) in [5.41, 5.74) is 0.967. The molecule has 96 valence electrons. The van der Waals surface area contributed by atoms with Gasteiger partial charge in [0.15, 0.2) is 5.82 Å². The Morgan fingerprint density at radius 2 is 2.11 bits per heavy atom. The number of halogens is 1. The normalized spacial score (nSPS) is 14.7. The van der Waals surface area contributed by atoms with Crippen molar-refractivity contribution in [2.45, 2.75) is 19.8 Å². The lowest BCUT2D eigenvalue weighted by Gasteiger charge is -2.15. The SMILES string of the molecule is CC(C(=O)O)C(C)c1nc2c(F)cccc2n1C. The maximum Gasteiger partial charge on any atom is 0.306 e. The molecule has 0 saturated heterocycles. The van der Waals surface area contributed by atoms with Gasteiger partial charge in [0.1, 0.15) is 11.3 Å². The number of rotatable bonds is 3. The number of hydrogen-bond acceptors (Lipinski definition) is 2. The van der Waals surface area contributed by atoms with Crippen LogP contribution in [-0.2, 0) is 11.8 Å². The second-order valence-electron chi connectivity index (χ2n) is 4.55. The van der Waals surface area contributed by atoms with Crippen molar-refractivity contribution >= 4 is 17.0 Å². The Bertz CT molecular complexity index is 606. The summed E-state index contributed by atoms with van der Waals surface area (Å²) < 4.78 is 15.4. The van der Waals surface area contributed by atoms with E-state index in [4.69, 9.17) is 5.11 Å². The molecule has 2 atom stereocenters. The molecular formula is C13H15FN2O2. The molecule has 1 aromatic carbocycles. The van der Waals surface area contributed by atoms with Crippen molar-refractivity contribution in [3.05, 3.63) is 29.8 Å². The van der Waals surface area contributed by atoms with Crippen LogP contribution in [0.15, 0.2) is 18.2 Å². The number of carboxylic acids is 1. The highest BCUT2D eigenvalue weighted by Gasteiger charge is 2.25. The van der Waals surface area contributed by atoms with Gasteiger partial charge in [0.25, 0.3) is 0 Å². The Morgan fingerprint density at radius 3 is 2.67 bits per heavy atom. The van der Waals surface area contributed by atoms with Crippen LogP contribution in [0.1, 0.15) is 25.6 Å².